The van der Waals surface area contributed by atoms with Gasteiger partial charge in [0, 0.05) is 23.7 Å². The molecule has 7 heteroatoms. The van der Waals surface area contributed by atoms with E-state index < -0.39 is 0 Å². The smallest absolute Gasteiger partial charge is 0.252 e. The van der Waals surface area contributed by atoms with Crippen molar-refractivity contribution in [3.63, 3.8) is 0 Å². The summed E-state index contributed by atoms with van der Waals surface area (Å²) in [6, 6.07) is 8.67. The highest BCUT2D eigenvalue weighted by Crippen LogP contribution is 2.27. The lowest BCUT2D eigenvalue weighted by molar-refractivity contribution is 0.164. The maximum atomic E-state index is 12.8. The summed E-state index contributed by atoms with van der Waals surface area (Å²) in [4.78, 5) is 18.3. The molecule has 1 aliphatic carbocycles. The number of benzene rings is 1. The third kappa shape index (κ3) is 4.17. The van der Waals surface area contributed by atoms with Gasteiger partial charge in [-0.15, -0.1) is 5.10 Å². The van der Waals surface area contributed by atoms with Crippen molar-refractivity contribution in [2.75, 3.05) is 0 Å². The maximum absolute atomic E-state index is 12.8. The molecule has 0 amide bonds. The summed E-state index contributed by atoms with van der Waals surface area (Å²) in [5.41, 5.74) is 2.68. The van der Waals surface area contributed by atoms with Gasteiger partial charge in [-0.3, -0.25) is 9.69 Å². The number of nitrogens with one attached hydrogen (secondary N) is 1. The minimum Gasteiger partial charge on any atom is -0.322 e. The third-order valence-electron chi connectivity index (χ3n) is 6.61. The molecule has 1 fully saturated rings. The van der Waals surface area contributed by atoms with Gasteiger partial charge in [-0.25, -0.2) is 4.68 Å². The van der Waals surface area contributed by atoms with Crippen molar-refractivity contribution in [2.45, 2.75) is 84.5 Å². The fourth-order valence-corrected chi connectivity index (χ4v) is 4.39. The van der Waals surface area contributed by atoms with Gasteiger partial charge in [0.15, 0.2) is 5.82 Å². The molecule has 0 bridgehead atoms. The molecule has 7 nitrogen and oxygen atoms in total. The monoisotopic (exact) mass is 408 g/mol. The van der Waals surface area contributed by atoms with Gasteiger partial charge in [-0.1, -0.05) is 31.9 Å². The van der Waals surface area contributed by atoms with Crippen LogP contribution in [0.3, 0.4) is 0 Å². The van der Waals surface area contributed by atoms with E-state index in [1.807, 2.05) is 23.7 Å². The molecule has 0 aliphatic heterocycles. The fourth-order valence-electron chi connectivity index (χ4n) is 4.39. The van der Waals surface area contributed by atoms with Crippen LogP contribution in [-0.4, -0.2) is 36.1 Å². The number of nitrogens with zero attached hydrogens (tertiary/aromatic N) is 5. The lowest BCUT2D eigenvalue weighted by atomic mass is 10.0. The van der Waals surface area contributed by atoms with E-state index in [0.29, 0.717) is 19.1 Å². The minimum absolute atomic E-state index is 0.00965. The number of aromatic amines is 1. The summed E-state index contributed by atoms with van der Waals surface area (Å²) in [5.74, 6) is 0.863. The summed E-state index contributed by atoms with van der Waals surface area (Å²) in [6.45, 7) is 9.74. The maximum Gasteiger partial charge on any atom is 0.252 e. The number of rotatable bonds is 7. The molecular formula is C23H32N6O. The van der Waals surface area contributed by atoms with E-state index >= 15 is 0 Å². The number of hydrogen-bond donors (Lipinski definition) is 1. The van der Waals surface area contributed by atoms with E-state index in [1.165, 1.54) is 12.8 Å². The highest BCUT2D eigenvalue weighted by Gasteiger charge is 2.28. The zero-order chi connectivity index (χ0) is 21.3. The zero-order valence-electron chi connectivity index (χ0n) is 18.5. The number of fused-ring (bicyclic) bond motifs is 1. The Morgan fingerprint density at radius 3 is 2.70 bits per heavy atom. The molecule has 1 aliphatic rings. The predicted octanol–water partition coefficient (Wildman–Crippen LogP) is 3.91. The van der Waals surface area contributed by atoms with Crippen molar-refractivity contribution in [1.82, 2.24) is 30.1 Å². The Labute approximate surface area is 177 Å². The van der Waals surface area contributed by atoms with Crippen LogP contribution in [0.1, 0.15) is 69.8 Å². The van der Waals surface area contributed by atoms with E-state index in [2.05, 4.69) is 58.3 Å². The zero-order valence-corrected chi connectivity index (χ0v) is 18.5. The topological polar surface area (TPSA) is 79.7 Å². The van der Waals surface area contributed by atoms with E-state index in [0.717, 1.165) is 47.1 Å². The number of pyridine rings is 1. The summed E-state index contributed by atoms with van der Waals surface area (Å²) >= 11 is 0. The molecule has 2 aromatic heterocycles. The van der Waals surface area contributed by atoms with Crippen molar-refractivity contribution in [3.05, 3.63) is 51.6 Å². The van der Waals surface area contributed by atoms with E-state index in [-0.39, 0.29) is 11.1 Å². The Morgan fingerprint density at radius 1 is 1.20 bits per heavy atom. The average Bonchev–Trinajstić information content (AvgIpc) is 3.40. The second-order valence-electron chi connectivity index (χ2n) is 9.23. The summed E-state index contributed by atoms with van der Waals surface area (Å²) in [6.07, 6.45) is 5.73. The number of hydrogen-bond acceptors (Lipinski definition) is 5. The number of tetrazole rings is 1. The van der Waals surface area contributed by atoms with Gasteiger partial charge in [0.2, 0.25) is 0 Å². The molecule has 2 heterocycles. The normalized spacial score (nSPS) is 15.5. The van der Waals surface area contributed by atoms with Crippen LogP contribution in [0, 0.1) is 6.92 Å². The predicted molar refractivity (Wildman–Crippen MR) is 118 cm³/mol. The van der Waals surface area contributed by atoms with Crippen molar-refractivity contribution in [1.29, 1.82) is 0 Å². The highest BCUT2D eigenvalue weighted by molar-refractivity contribution is 5.79. The number of aryl methyl sites for hydroxylation is 1. The Bertz CT molecular complexity index is 1080. The SMILES string of the molecule is CCC(C)(C)n1nnnc1CN(Cc1cc2ccc(C)cc2[nH]c1=O)C1CCCC1. The van der Waals surface area contributed by atoms with Crippen LogP contribution in [0.5, 0.6) is 0 Å². The quantitative estimate of drug-likeness (QED) is 0.641. The molecule has 1 N–H and O–H groups in total. The van der Waals surface area contributed by atoms with Crippen LogP contribution in [0.2, 0.25) is 0 Å². The van der Waals surface area contributed by atoms with Crippen molar-refractivity contribution >= 4 is 10.9 Å². The summed E-state index contributed by atoms with van der Waals surface area (Å²) in [5, 5.41) is 13.6. The molecule has 0 atom stereocenters. The molecule has 0 saturated heterocycles. The van der Waals surface area contributed by atoms with Crippen LogP contribution in [0.25, 0.3) is 10.9 Å². The lowest BCUT2D eigenvalue weighted by Crippen LogP contribution is -2.37. The van der Waals surface area contributed by atoms with Crippen LogP contribution < -0.4 is 5.56 Å². The molecule has 30 heavy (non-hydrogen) atoms. The number of H-pyrrole nitrogens is 1. The van der Waals surface area contributed by atoms with Crippen LogP contribution in [0.15, 0.2) is 29.1 Å². The Balaban J connectivity index is 1.65. The van der Waals surface area contributed by atoms with E-state index in [4.69, 9.17) is 0 Å². The van der Waals surface area contributed by atoms with Gasteiger partial charge in [-0.2, -0.15) is 0 Å². The van der Waals surface area contributed by atoms with Gasteiger partial charge in [0.1, 0.15) is 0 Å². The molecule has 1 saturated carbocycles. The molecule has 0 unspecified atom stereocenters. The molecule has 1 aromatic carbocycles. The van der Waals surface area contributed by atoms with Crippen molar-refractivity contribution in [2.24, 2.45) is 0 Å². The van der Waals surface area contributed by atoms with Gasteiger partial charge < -0.3 is 4.98 Å². The van der Waals surface area contributed by atoms with Gasteiger partial charge in [0.05, 0.1) is 12.1 Å². The third-order valence-corrected chi connectivity index (χ3v) is 6.61. The van der Waals surface area contributed by atoms with Gasteiger partial charge in [0.25, 0.3) is 5.56 Å². The van der Waals surface area contributed by atoms with Crippen LogP contribution >= 0.6 is 0 Å². The van der Waals surface area contributed by atoms with Crippen molar-refractivity contribution < 1.29 is 0 Å². The van der Waals surface area contributed by atoms with Crippen molar-refractivity contribution in [3.8, 4) is 0 Å². The Kier molecular flexibility index (Phi) is 5.73. The molecule has 3 aromatic rings. The first-order chi connectivity index (χ1) is 14.4. The van der Waals surface area contributed by atoms with E-state index in [9.17, 15) is 4.79 Å². The second kappa shape index (κ2) is 8.30. The Morgan fingerprint density at radius 2 is 1.97 bits per heavy atom. The highest BCUT2D eigenvalue weighted by atomic mass is 16.1. The standard InChI is InChI=1S/C23H32N6O/c1-5-23(3,4)29-21(25-26-27-29)15-28(19-8-6-7-9-19)14-18-13-17-11-10-16(2)12-20(17)24-22(18)30/h10-13,19H,5-9,14-15H2,1-4H3,(H,24,30). The number of aromatic nitrogens is 5. The first-order valence-corrected chi connectivity index (χ1v) is 11.0. The van der Waals surface area contributed by atoms with E-state index in [1.54, 1.807) is 0 Å². The summed E-state index contributed by atoms with van der Waals surface area (Å²) in [7, 11) is 0. The molecule has 0 spiro atoms. The van der Waals surface area contributed by atoms with Crippen LogP contribution in [0.4, 0.5) is 0 Å². The minimum atomic E-state index is -0.140. The van der Waals surface area contributed by atoms with Crippen LogP contribution in [-0.2, 0) is 18.6 Å². The first-order valence-electron chi connectivity index (χ1n) is 11.0. The van der Waals surface area contributed by atoms with Gasteiger partial charge >= 0.3 is 0 Å². The average molecular weight is 409 g/mol. The molecule has 0 radical (unpaired) electrons. The molecule has 4 rings (SSSR count). The molecule has 160 valence electrons. The second-order valence-corrected chi connectivity index (χ2v) is 9.23. The van der Waals surface area contributed by atoms with Gasteiger partial charge in [-0.05, 0) is 73.5 Å². The summed E-state index contributed by atoms with van der Waals surface area (Å²) < 4.78 is 1.95. The Hall–Kier alpha value is -2.54. The fraction of sp³-hybridized carbons (Fsp3) is 0.565. The first kappa shape index (κ1) is 20.7. The largest absolute Gasteiger partial charge is 0.322 e. The molecular weight excluding hydrogens is 376 g/mol. The lowest BCUT2D eigenvalue weighted by Gasteiger charge is -2.30.